The van der Waals surface area contributed by atoms with Crippen molar-refractivity contribution in [3.63, 3.8) is 0 Å². The summed E-state index contributed by atoms with van der Waals surface area (Å²) in [4.78, 5) is 26.1. The van der Waals surface area contributed by atoms with Gasteiger partial charge in [0.05, 0.1) is 20.8 Å². The molecule has 0 aliphatic carbocycles. The number of methoxy groups -OCH3 is 2. The molecule has 0 radical (unpaired) electrons. The third-order valence-corrected chi connectivity index (χ3v) is 5.57. The molecule has 0 saturated carbocycles. The molecule has 1 amide bonds. The Morgan fingerprint density at radius 1 is 0.811 bits per heavy atom. The van der Waals surface area contributed by atoms with Gasteiger partial charge in [0, 0.05) is 32.2 Å². The molecule has 0 aromatic heterocycles. The van der Waals surface area contributed by atoms with Crippen LogP contribution in [0, 0.1) is 0 Å². The number of carbonyl (C=O) groups is 2. The zero-order chi connectivity index (χ0) is 26.8. The van der Waals surface area contributed by atoms with Gasteiger partial charge < -0.3 is 23.8 Å². The number of rotatable bonds is 11. The van der Waals surface area contributed by atoms with Crippen molar-refractivity contribution in [1.29, 1.82) is 0 Å². The van der Waals surface area contributed by atoms with E-state index in [1.54, 1.807) is 41.3 Å². The van der Waals surface area contributed by atoms with Gasteiger partial charge in [-0.2, -0.15) is 0 Å². The molecule has 3 aromatic rings. The van der Waals surface area contributed by atoms with Crippen molar-refractivity contribution in [1.82, 2.24) is 4.90 Å². The van der Waals surface area contributed by atoms with Crippen LogP contribution in [-0.2, 0) is 20.7 Å². The molecule has 0 N–H and O–H groups in total. The third-order valence-electron chi connectivity index (χ3n) is 5.57. The zero-order valence-corrected chi connectivity index (χ0v) is 21.9. The molecule has 7 nitrogen and oxygen atoms in total. The maximum atomic E-state index is 13.0. The summed E-state index contributed by atoms with van der Waals surface area (Å²) in [6.45, 7) is 2.19. The molecule has 0 unspecified atom stereocenters. The van der Waals surface area contributed by atoms with E-state index in [2.05, 4.69) is 0 Å². The number of nitrogens with zero attached hydrogens (tertiary/aromatic N) is 1. The first-order valence-corrected chi connectivity index (χ1v) is 12.0. The lowest BCUT2D eigenvalue weighted by atomic mass is 10.0. The summed E-state index contributed by atoms with van der Waals surface area (Å²) >= 11 is 0. The molecular formula is C30H33NO6. The van der Waals surface area contributed by atoms with Crippen LogP contribution < -0.4 is 14.2 Å². The highest BCUT2D eigenvalue weighted by Gasteiger charge is 2.16. The number of likely N-dealkylation sites (N-methyl/N-ethyl adjacent to an activating group) is 1. The molecule has 37 heavy (non-hydrogen) atoms. The maximum absolute atomic E-state index is 13.0. The van der Waals surface area contributed by atoms with Gasteiger partial charge in [0.25, 0.3) is 5.91 Å². The van der Waals surface area contributed by atoms with Crippen LogP contribution in [0.15, 0.2) is 66.7 Å². The number of carbonyl (C=O) groups excluding carboxylic acids is 2. The highest BCUT2D eigenvalue weighted by atomic mass is 16.5. The number of aryl methyl sites for hydroxylation is 1. The SMILES string of the molecule is CCOC(=O)CCc1ccc(Oc2ccc(C=C(C(=O)N(C)C)c3cc(OC)cc(OC)c3)cc2)cc1. The van der Waals surface area contributed by atoms with Crippen LogP contribution in [0.2, 0.25) is 0 Å². The molecule has 7 heteroatoms. The molecule has 0 fully saturated rings. The Balaban J connectivity index is 1.77. The largest absolute Gasteiger partial charge is 0.497 e. The fourth-order valence-corrected chi connectivity index (χ4v) is 3.61. The summed E-state index contributed by atoms with van der Waals surface area (Å²) in [5, 5.41) is 0. The van der Waals surface area contributed by atoms with Crippen LogP contribution >= 0.6 is 0 Å². The average molecular weight is 504 g/mol. The minimum absolute atomic E-state index is 0.140. The van der Waals surface area contributed by atoms with E-state index in [0.29, 0.717) is 53.6 Å². The van der Waals surface area contributed by atoms with E-state index in [9.17, 15) is 9.59 Å². The summed E-state index contributed by atoms with van der Waals surface area (Å²) in [6, 6.07) is 20.5. The Morgan fingerprint density at radius 2 is 1.38 bits per heavy atom. The monoisotopic (exact) mass is 503 g/mol. The molecule has 0 bridgehead atoms. The normalized spacial score (nSPS) is 11.0. The average Bonchev–Trinajstić information content (AvgIpc) is 2.91. The first-order valence-electron chi connectivity index (χ1n) is 12.0. The Hall–Kier alpha value is -4.26. The Morgan fingerprint density at radius 3 is 1.89 bits per heavy atom. The second-order valence-corrected chi connectivity index (χ2v) is 8.48. The number of benzene rings is 3. The summed E-state index contributed by atoms with van der Waals surface area (Å²) in [5.74, 6) is 2.22. The molecule has 0 atom stereocenters. The number of hydrogen-bond donors (Lipinski definition) is 0. The number of esters is 1. The number of ether oxygens (including phenoxy) is 4. The molecule has 0 saturated heterocycles. The highest BCUT2D eigenvalue weighted by molar-refractivity contribution is 6.24. The van der Waals surface area contributed by atoms with Crippen LogP contribution in [0.4, 0.5) is 0 Å². The van der Waals surface area contributed by atoms with Gasteiger partial charge >= 0.3 is 5.97 Å². The predicted octanol–water partition coefficient (Wildman–Crippen LogP) is 5.62. The second kappa shape index (κ2) is 13.2. The summed E-state index contributed by atoms with van der Waals surface area (Å²) < 4.78 is 21.7. The molecule has 0 heterocycles. The Kier molecular flexibility index (Phi) is 9.72. The first-order chi connectivity index (χ1) is 17.8. The van der Waals surface area contributed by atoms with Crippen LogP contribution in [0.1, 0.15) is 30.0 Å². The van der Waals surface area contributed by atoms with Crippen molar-refractivity contribution < 1.29 is 28.5 Å². The fraction of sp³-hybridized carbons (Fsp3) is 0.267. The first kappa shape index (κ1) is 27.3. The maximum Gasteiger partial charge on any atom is 0.306 e. The van der Waals surface area contributed by atoms with Gasteiger partial charge in [-0.15, -0.1) is 0 Å². The topological polar surface area (TPSA) is 74.3 Å². The number of hydrogen-bond acceptors (Lipinski definition) is 6. The minimum atomic E-state index is -0.196. The van der Waals surface area contributed by atoms with Crippen LogP contribution in [0.5, 0.6) is 23.0 Å². The van der Waals surface area contributed by atoms with Crippen LogP contribution in [0.3, 0.4) is 0 Å². The van der Waals surface area contributed by atoms with Crippen molar-refractivity contribution in [2.24, 2.45) is 0 Å². The smallest absolute Gasteiger partial charge is 0.306 e. The molecule has 0 aliphatic heterocycles. The van der Waals surface area contributed by atoms with Gasteiger partial charge in [0.15, 0.2) is 0 Å². The van der Waals surface area contributed by atoms with Gasteiger partial charge in [-0.25, -0.2) is 0 Å². The van der Waals surface area contributed by atoms with Crippen molar-refractivity contribution in [3.05, 3.63) is 83.4 Å². The van der Waals surface area contributed by atoms with Gasteiger partial charge in [0.1, 0.15) is 23.0 Å². The standard InChI is InChI=1S/C30H33NO6/c1-6-36-29(32)16-11-21-7-12-24(13-8-21)37-25-14-9-22(10-15-25)17-28(30(33)31(2)3)23-18-26(34-4)20-27(19-23)35-5/h7-10,12-15,17-20H,6,11,16H2,1-5H3. The minimum Gasteiger partial charge on any atom is -0.497 e. The van der Waals surface area contributed by atoms with Gasteiger partial charge in [0.2, 0.25) is 0 Å². The van der Waals surface area contributed by atoms with E-state index in [0.717, 1.165) is 11.1 Å². The van der Waals surface area contributed by atoms with Gasteiger partial charge in [-0.1, -0.05) is 24.3 Å². The van der Waals surface area contributed by atoms with E-state index < -0.39 is 0 Å². The lowest BCUT2D eigenvalue weighted by molar-refractivity contribution is -0.143. The summed E-state index contributed by atoms with van der Waals surface area (Å²) in [5.41, 5.74) is 3.08. The second-order valence-electron chi connectivity index (χ2n) is 8.48. The summed E-state index contributed by atoms with van der Waals surface area (Å²) in [6.07, 6.45) is 2.80. The van der Waals surface area contributed by atoms with Gasteiger partial charge in [-0.3, -0.25) is 9.59 Å². The van der Waals surface area contributed by atoms with Crippen molar-refractivity contribution >= 4 is 23.5 Å². The molecular weight excluding hydrogens is 470 g/mol. The van der Waals surface area contributed by atoms with E-state index in [1.165, 1.54) is 4.90 Å². The molecule has 3 aromatic carbocycles. The Labute approximate surface area is 218 Å². The molecule has 194 valence electrons. The number of amides is 1. The predicted molar refractivity (Wildman–Crippen MR) is 144 cm³/mol. The zero-order valence-electron chi connectivity index (χ0n) is 21.9. The third kappa shape index (κ3) is 7.87. The van der Waals surface area contributed by atoms with Crippen molar-refractivity contribution in [2.45, 2.75) is 19.8 Å². The quantitative estimate of drug-likeness (QED) is 0.192. The van der Waals surface area contributed by atoms with Crippen molar-refractivity contribution in [3.8, 4) is 23.0 Å². The Bertz CT molecular complexity index is 1210. The molecule has 0 aliphatic rings. The van der Waals surface area contributed by atoms with Gasteiger partial charge in [-0.05, 0) is 72.5 Å². The summed E-state index contributed by atoms with van der Waals surface area (Å²) in [7, 11) is 6.58. The van der Waals surface area contributed by atoms with Crippen molar-refractivity contribution in [2.75, 3.05) is 34.9 Å². The molecule has 3 rings (SSSR count). The fourth-order valence-electron chi connectivity index (χ4n) is 3.61. The van der Waals surface area contributed by atoms with E-state index in [-0.39, 0.29) is 11.9 Å². The van der Waals surface area contributed by atoms with E-state index in [1.807, 2.05) is 66.7 Å². The van der Waals surface area contributed by atoms with Crippen LogP contribution in [0.25, 0.3) is 11.6 Å². The van der Waals surface area contributed by atoms with E-state index >= 15 is 0 Å². The van der Waals surface area contributed by atoms with E-state index in [4.69, 9.17) is 18.9 Å². The highest BCUT2D eigenvalue weighted by Crippen LogP contribution is 2.30. The lowest BCUT2D eigenvalue weighted by Crippen LogP contribution is -2.22. The lowest BCUT2D eigenvalue weighted by Gasteiger charge is -2.16. The van der Waals surface area contributed by atoms with Crippen LogP contribution in [-0.4, -0.2) is 51.7 Å². The molecule has 0 spiro atoms.